The van der Waals surface area contributed by atoms with Crippen LogP contribution in [0.15, 0.2) is 72.8 Å². The Morgan fingerprint density at radius 2 is 1.51 bits per heavy atom. The van der Waals surface area contributed by atoms with Gasteiger partial charge in [-0.3, -0.25) is 9.59 Å². The molecule has 2 amide bonds. The van der Waals surface area contributed by atoms with Gasteiger partial charge in [-0.2, -0.15) is 0 Å². The van der Waals surface area contributed by atoms with E-state index in [4.69, 9.17) is 4.74 Å². The second-order valence-corrected chi connectivity index (χ2v) is 9.12. The molecule has 0 aromatic heterocycles. The maximum absolute atomic E-state index is 13.6. The summed E-state index contributed by atoms with van der Waals surface area (Å²) >= 11 is 0. The fourth-order valence-corrected chi connectivity index (χ4v) is 4.05. The molecule has 5 nitrogen and oxygen atoms in total. The van der Waals surface area contributed by atoms with Crippen LogP contribution < -0.4 is 10.1 Å². The lowest BCUT2D eigenvalue weighted by molar-refractivity contribution is -0.142. The minimum absolute atomic E-state index is 0.138. The van der Waals surface area contributed by atoms with Gasteiger partial charge in [-0.25, -0.2) is 0 Å². The topological polar surface area (TPSA) is 58.6 Å². The number of aryl methyl sites for hydroxylation is 3. The molecule has 0 bridgehead atoms. The van der Waals surface area contributed by atoms with Crippen molar-refractivity contribution in [1.29, 1.82) is 0 Å². The van der Waals surface area contributed by atoms with Crippen LogP contribution in [0.25, 0.3) is 0 Å². The molecule has 1 N–H and O–H groups in total. The van der Waals surface area contributed by atoms with E-state index < -0.39 is 6.04 Å². The Bertz CT molecular complexity index is 1090. The number of hydrogen-bond donors (Lipinski definition) is 1. The first-order valence-electron chi connectivity index (χ1n) is 12.2. The minimum atomic E-state index is -0.652. The molecule has 0 unspecified atom stereocenters. The fourth-order valence-electron chi connectivity index (χ4n) is 4.05. The molecule has 0 aliphatic heterocycles. The van der Waals surface area contributed by atoms with Gasteiger partial charge < -0.3 is 15.0 Å². The molecule has 3 rings (SSSR count). The molecule has 0 spiro atoms. The lowest BCUT2D eigenvalue weighted by Gasteiger charge is -2.31. The van der Waals surface area contributed by atoms with E-state index in [9.17, 15) is 9.59 Å². The first kappa shape index (κ1) is 26.0. The lowest BCUT2D eigenvalue weighted by Crippen LogP contribution is -2.51. The number of ether oxygens (including phenoxy) is 1. The van der Waals surface area contributed by atoms with Gasteiger partial charge in [0.05, 0.1) is 0 Å². The van der Waals surface area contributed by atoms with Crippen LogP contribution in [0.3, 0.4) is 0 Å². The Hall–Kier alpha value is -3.60. The van der Waals surface area contributed by atoms with Gasteiger partial charge in [0, 0.05) is 19.5 Å². The van der Waals surface area contributed by atoms with Crippen LogP contribution >= 0.6 is 0 Å². The number of nitrogens with zero attached hydrogens (tertiary/aromatic N) is 1. The van der Waals surface area contributed by atoms with Gasteiger partial charge in [-0.1, -0.05) is 73.2 Å². The van der Waals surface area contributed by atoms with Gasteiger partial charge in [0.1, 0.15) is 11.8 Å². The molecule has 0 saturated carbocycles. The number of carbonyl (C=O) groups excluding carboxylic acids is 2. The monoisotopic (exact) mass is 472 g/mol. The van der Waals surface area contributed by atoms with E-state index in [-0.39, 0.29) is 18.4 Å². The van der Waals surface area contributed by atoms with Crippen molar-refractivity contribution in [3.8, 4) is 5.75 Å². The zero-order valence-electron chi connectivity index (χ0n) is 21.2. The Balaban J connectivity index is 1.89. The standard InChI is InChI=1S/C30H36N2O3/c1-5-15-31-30(34)28(19-25-9-7-6-8-10-25)32(20-26-13-11-22(2)12-14-26)29(33)21-35-27-17-23(3)16-24(4)18-27/h6-14,16-18,28H,5,15,19-21H2,1-4H3,(H,31,34)/t28-/m0/s1. The summed E-state index contributed by atoms with van der Waals surface area (Å²) < 4.78 is 5.91. The van der Waals surface area contributed by atoms with Crippen LogP contribution in [0.4, 0.5) is 0 Å². The van der Waals surface area contributed by atoms with Gasteiger partial charge in [-0.05, 0) is 61.6 Å². The molecule has 0 aliphatic carbocycles. The summed E-state index contributed by atoms with van der Waals surface area (Å²) in [6.07, 6.45) is 1.25. The summed E-state index contributed by atoms with van der Waals surface area (Å²) in [5, 5.41) is 3.00. The highest BCUT2D eigenvalue weighted by atomic mass is 16.5. The van der Waals surface area contributed by atoms with E-state index in [2.05, 4.69) is 11.4 Å². The van der Waals surface area contributed by atoms with E-state index in [1.165, 1.54) is 0 Å². The summed E-state index contributed by atoms with van der Waals surface area (Å²) in [4.78, 5) is 28.6. The van der Waals surface area contributed by atoms with Crippen molar-refractivity contribution < 1.29 is 14.3 Å². The van der Waals surface area contributed by atoms with E-state index in [0.29, 0.717) is 25.3 Å². The van der Waals surface area contributed by atoms with Crippen LogP contribution in [-0.2, 0) is 22.6 Å². The number of carbonyl (C=O) groups is 2. The molecule has 0 saturated heterocycles. The molecule has 0 aliphatic rings. The third-order valence-electron chi connectivity index (χ3n) is 5.85. The lowest BCUT2D eigenvalue weighted by atomic mass is 10.0. The molecule has 3 aromatic rings. The molecule has 0 fully saturated rings. The van der Waals surface area contributed by atoms with Crippen molar-refractivity contribution in [2.24, 2.45) is 0 Å². The summed E-state index contributed by atoms with van der Waals surface area (Å²) in [6, 6.07) is 23.1. The first-order valence-corrected chi connectivity index (χ1v) is 12.2. The summed E-state index contributed by atoms with van der Waals surface area (Å²) in [5.74, 6) is 0.279. The van der Waals surface area contributed by atoms with Gasteiger partial charge in [-0.15, -0.1) is 0 Å². The second-order valence-electron chi connectivity index (χ2n) is 9.12. The Kier molecular flexibility index (Phi) is 9.47. The Morgan fingerprint density at radius 1 is 0.857 bits per heavy atom. The summed E-state index contributed by atoms with van der Waals surface area (Å²) in [5.41, 5.74) is 5.26. The van der Waals surface area contributed by atoms with Crippen LogP contribution in [0.5, 0.6) is 5.75 Å². The van der Waals surface area contributed by atoms with Crippen molar-refractivity contribution in [3.05, 3.63) is 101 Å². The van der Waals surface area contributed by atoms with Crippen molar-refractivity contribution in [2.45, 2.75) is 53.1 Å². The largest absolute Gasteiger partial charge is 0.484 e. The molecule has 0 heterocycles. The SMILES string of the molecule is CCCNC(=O)[C@H](Cc1ccccc1)N(Cc1ccc(C)cc1)C(=O)COc1cc(C)cc(C)c1. The number of rotatable bonds is 11. The average Bonchev–Trinajstić information content (AvgIpc) is 2.84. The molecule has 0 radical (unpaired) electrons. The molecular weight excluding hydrogens is 436 g/mol. The number of hydrogen-bond acceptors (Lipinski definition) is 3. The average molecular weight is 473 g/mol. The maximum Gasteiger partial charge on any atom is 0.261 e. The van der Waals surface area contributed by atoms with Gasteiger partial charge in [0.15, 0.2) is 6.61 Å². The van der Waals surface area contributed by atoms with Crippen molar-refractivity contribution in [1.82, 2.24) is 10.2 Å². The van der Waals surface area contributed by atoms with Gasteiger partial charge >= 0.3 is 0 Å². The Labute approximate surface area is 209 Å². The zero-order valence-corrected chi connectivity index (χ0v) is 21.2. The van der Waals surface area contributed by atoms with Crippen molar-refractivity contribution in [2.75, 3.05) is 13.2 Å². The predicted molar refractivity (Wildman–Crippen MR) is 140 cm³/mol. The maximum atomic E-state index is 13.6. The quantitative estimate of drug-likeness (QED) is 0.420. The second kappa shape index (κ2) is 12.7. The molecule has 35 heavy (non-hydrogen) atoms. The third-order valence-corrected chi connectivity index (χ3v) is 5.85. The molecular formula is C30H36N2O3. The van der Waals surface area contributed by atoms with E-state index >= 15 is 0 Å². The fraction of sp³-hybridized carbons (Fsp3) is 0.333. The van der Waals surface area contributed by atoms with E-state index in [1.807, 2.05) is 94.4 Å². The normalized spacial score (nSPS) is 11.5. The minimum Gasteiger partial charge on any atom is -0.484 e. The zero-order chi connectivity index (χ0) is 25.2. The first-order chi connectivity index (χ1) is 16.9. The highest BCUT2D eigenvalue weighted by Crippen LogP contribution is 2.19. The smallest absolute Gasteiger partial charge is 0.261 e. The van der Waals surface area contributed by atoms with E-state index in [0.717, 1.165) is 34.2 Å². The highest BCUT2D eigenvalue weighted by Gasteiger charge is 2.30. The highest BCUT2D eigenvalue weighted by molar-refractivity contribution is 5.88. The van der Waals surface area contributed by atoms with Gasteiger partial charge in [0.25, 0.3) is 5.91 Å². The third kappa shape index (κ3) is 7.99. The van der Waals surface area contributed by atoms with Crippen molar-refractivity contribution in [3.63, 3.8) is 0 Å². The summed E-state index contributed by atoms with van der Waals surface area (Å²) in [7, 11) is 0. The Morgan fingerprint density at radius 3 is 2.14 bits per heavy atom. The number of nitrogens with one attached hydrogen (secondary N) is 1. The molecule has 5 heteroatoms. The van der Waals surface area contributed by atoms with Crippen LogP contribution in [0.1, 0.15) is 41.2 Å². The number of benzene rings is 3. The van der Waals surface area contributed by atoms with Gasteiger partial charge in [0.2, 0.25) is 5.91 Å². The summed E-state index contributed by atoms with van der Waals surface area (Å²) in [6.45, 7) is 8.79. The predicted octanol–water partition coefficient (Wildman–Crippen LogP) is 5.16. The van der Waals surface area contributed by atoms with Crippen LogP contribution in [0.2, 0.25) is 0 Å². The number of amides is 2. The molecule has 3 aromatic carbocycles. The van der Waals surface area contributed by atoms with Crippen LogP contribution in [-0.4, -0.2) is 35.9 Å². The molecule has 184 valence electrons. The van der Waals surface area contributed by atoms with Crippen molar-refractivity contribution >= 4 is 11.8 Å². The molecule has 1 atom stereocenters. The van der Waals surface area contributed by atoms with Crippen LogP contribution in [0, 0.1) is 20.8 Å². The van der Waals surface area contributed by atoms with E-state index in [1.54, 1.807) is 4.90 Å².